The number of Topliss-reactive ketones (excluding diaryl/α,β-unsaturated/α-hetero) is 1. The van der Waals surface area contributed by atoms with Gasteiger partial charge in [-0.3, -0.25) is 19.2 Å². The Bertz CT molecular complexity index is 583. The van der Waals surface area contributed by atoms with Crippen LogP contribution in [0.5, 0.6) is 0 Å². The Morgan fingerprint density at radius 1 is 1.14 bits per heavy atom. The number of amides is 2. The number of hydrogen-bond acceptors (Lipinski definition) is 5. The molecule has 0 heterocycles. The van der Waals surface area contributed by atoms with E-state index in [0.717, 1.165) is 0 Å². The van der Waals surface area contributed by atoms with Crippen LogP contribution in [0.3, 0.4) is 0 Å². The number of ether oxygens (including phenoxy) is 1. The third-order valence-electron chi connectivity index (χ3n) is 2.62. The quantitative estimate of drug-likeness (QED) is 0.575. The van der Waals surface area contributed by atoms with Gasteiger partial charge < -0.3 is 15.4 Å². The van der Waals surface area contributed by atoms with Gasteiger partial charge in [0.1, 0.15) is 0 Å². The van der Waals surface area contributed by atoms with Gasteiger partial charge in [0.25, 0.3) is 5.91 Å². The lowest BCUT2D eigenvalue weighted by atomic mass is 10.1. The predicted molar refractivity (Wildman–Crippen MR) is 79.3 cm³/mol. The molecule has 22 heavy (non-hydrogen) atoms. The molecule has 7 heteroatoms. The van der Waals surface area contributed by atoms with Gasteiger partial charge in [-0.15, -0.1) is 0 Å². The maximum absolute atomic E-state index is 11.6. The highest BCUT2D eigenvalue weighted by Crippen LogP contribution is 2.11. The summed E-state index contributed by atoms with van der Waals surface area (Å²) in [5.41, 5.74) is 0.928. The van der Waals surface area contributed by atoms with Crippen LogP contribution in [0.1, 0.15) is 30.6 Å². The first-order valence-electron chi connectivity index (χ1n) is 6.69. The molecule has 0 fully saturated rings. The van der Waals surface area contributed by atoms with Crippen LogP contribution < -0.4 is 10.6 Å². The van der Waals surface area contributed by atoms with Gasteiger partial charge in [-0.25, -0.2) is 0 Å². The molecule has 0 aliphatic rings. The van der Waals surface area contributed by atoms with Crippen molar-refractivity contribution in [1.29, 1.82) is 0 Å². The molecule has 2 N–H and O–H groups in total. The standard InChI is InChI=1S/C15H18N2O5/c1-10(18)12-4-3-5-13(8-12)17-14(20)9-22-15(21)6-7-16-11(2)19/h3-5,8H,6-7,9H2,1-2H3,(H,16,19)(H,17,20). The summed E-state index contributed by atoms with van der Waals surface area (Å²) in [6, 6.07) is 6.45. The number of anilines is 1. The summed E-state index contributed by atoms with van der Waals surface area (Å²) in [7, 11) is 0. The number of hydrogen-bond donors (Lipinski definition) is 2. The van der Waals surface area contributed by atoms with Gasteiger partial charge >= 0.3 is 5.97 Å². The maximum atomic E-state index is 11.6. The number of nitrogens with one attached hydrogen (secondary N) is 2. The predicted octanol–water partition coefficient (Wildman–Crippen LogP) is 0.897. The van der Waals surface area contributed by atoms with Gasteiger partial charge in [0.2, 0.25) is 5.91 Å². The van der Waals surface area contributed by atoms with Crippen LogP contribution >= 0.6 is 0 Å². The number of carbonyl (C=O) groups is 4. The summed E-state index contributed by atoms with van der Waals surface area (Å²) < 4.78 is 4.77. The van der Waals surface area contributed by atoms with Crippen LogP contribution in [0.25, 0.3) is 0 Å². The fraction of sp³-hybridized carbons (Fsp3) is 0.333. The molecule has 0 atom stereocenters. The summed E-state index contributed by atoms with van der Waals surface area (Å²) >= 11 is 0. The first-order chi connectivity index (χ1) is 10.4. The molecule has 1 rings (SSSR count). The lowest BCUT2D eigenvalue weighted by Crippen LogP contribution is -2.25. The SMILES string of the molecule is CC(=O)NCCC(=O)OCC(=O)Nc1cccc(C(C)=O)c1. The summed E-state index contributed by atoms with van der Waals surface area (Å²) in [6.07, 6.45) is -0.00726. The lowest BCUT2D eigenvalue weighted by Gasteiger charge is -2.07. The maximum Gasteiger partial charge on any atom is 0.308 e. The van der Waals surface area contributed by atoms with Crippen molar-refractivity contribution in [2.45, 2.75) is 20.3 Å². The minimum atomic E-state index is -0.582. The Balaban J connectivity index is 2.37. The second kappa shape index (κ2) is 8.56. The summed E-state index contributed by atoms with van der Waals surface area (Å²) in [5, 5.41) is 4.98. The second-order valence-electron chi connectivity index (χ2n) is 4.58. The topological polar surface area (TPSA) is 102 Å². The van der Waals surface area contributed by atoms with E-state index < -0.39 is 18.5 Å². The largest absolute Gasteiger partial charge is 0.456 e. The molecule has 2 amide bonds. The van der Waals surface area contributed by atoms with Crippen molar-refractivity contribution >= 4 is 29.3 Å². The molecule has 0 aliphatic carbocycles. The molecule has 0 unspecified atom stereocenters. The van der Waals surface area contributed by atoms with E-state index in [1.165, 1.54) is 13.8 Å². The van der Waals surface area contributed by atoms with E-state index in [1.54, 1.807) is 24.3 Å². The van der Waals surface area contributed by atoms with Crippen LogP contribution in [-0.2, 0) is 19.1 Å². The summed E-state index contributed by atoms with van der Waals surface area (Å²) in [6.45, 7) is 2.51. The number of esters is 1. The zero-order chi connectivity index (χ0) is 16.5. The molecule has 0 saturated heterocycles. The average molecular weight is 306 g/mol. The van der Waals surface area contributed by atoms with Gasteiger partial charge in [0.15, 0.2) is 12.4 Å². The highest BCUT2D eigenvalue weighted by atomic mass is 16.5. The Kier molecular flexibility index (Phi) is 6.75. The zero-order valence-electron chi connectivity index (χ0n) is 12.5. The number of ketones is 1. The zero-order valence-corrected chi connectivity index (χ0v) is 12.5. The number of benzene rings is 1. The van der Waals surface area contributed by atoms with Crippen LogP contribution in [-0.4, -0.2) is 36.7 Å². The van der Waals surface area contributed by atoms with E-state index in [1.807, 2.05) is 0 Å². The van der Waals surface area contributed by atoms with Crippen molar-refractivity contribution in [3.05, 3.63) is 29.8 Å². The van der Waals surface area contributed by atoms with Crippen molar-refractivity contribution in [1.82, 2.24) is 5.32 Å². The van der Waals surface area contributed by atoms with E-state index in [9.17, 15) is 19.2 Å². The second-order valence-corrected chi connectivity index (χ2v) is 4.58. The third kappa shape index (κ3) is 6.65. The molecular weight excluding hydrogens is 288 g/mol. The third-order valence-corrected chi connectivity index (χ3v) is 2.62. The Morgan fingerprint density at radius 2 is 1.86 bits per heavy atom. The smallest absolute Gasteiger partial charge is 0.308 e. The first kappa shape index (κ1) is 17.4. The first-order valence-corrected chi connectivity index (χ1v) is 6.69. The van der Waals surface area contributed by atoms with E-state index in [2.05, 4.69) is 10.6 Å². The molecule has 1 aromatic rings. The van der Waals surface area contributed by atoms with Crippen molar-refractivity contribution in [3.63, 3.8) is 0 Å². The molecule has 118 valence electrons. The molecule has 7 nitrogen and oxygen atoms in total. The van der Waals surface area contributed by atoms with Gasteiger partial charge in [-0.1, -0.05) is 12.1 Å². The highest BCUT2D eigenvalue weighted by Gasteiger charge is 2.09. The van der Waals surface area contributed by atoms with E-state index >= 15 is 0 Å². The fourth-order valence-corrected chi connectivity index (χ4v) is 1.57. The summed E-state index contributed by atoms with van der Waals surface area (Å²) in [4.78, 5) is 44.8. The van der Waals surface area contributed by atoms with Crippen LogP contribution in [0.2, 0.25) is 0 Å². The van der Waals surface area contributed by atoms with Crippen molar-refractivity contribution < 1.29 is 23.9 Å². The molecule has 0 aromatic heterocycles. The van der Waals surface area contributed by atoms with Crippen molar-refractivity contribution in [2.24, 2.45) is 0 Å². The minimum absolute atomic E-state index is 0.00726. The van der Waals surface area contributed by atoms with Crippen molar-refractivity contribution in [2.75, 3.05) is 18.5 Å². The molecule has 0 spiro atoms. The van der Waals surface area contributed by atoms with Gasteiger partial charge in [0.05, 0.1) is 6.42 Å². The highest BCUT2D eigenvalue weighted by molar-refractivity contribution is 5.97. The van der Waals surface area contributed by atoms with Crippen LogP contribution in [0.4, 0.5) is 5.69 Å². The van der Waals surface area contributed by atoms with Gasteiger partial charge in [-0.05, 0) is 19.1 Å². The summed E-state index contributed by atoms with van der Waals surface area (Å²) in [5.74, 6) is -1.44. The molecule has 0 aliphatic heterocycles. The van der Waals surface area contributed by atoms with Gasteiger partial charge in [-0.2, -0.15) is 0 Å². The number of carbonyl (C=O) groups excluding carboxylic acids is 4. The normalized spacial score (nSPS) is 9.73. The fourth-order valence-electron chi connectivity index (χ4n) is 1.57. The molecule has 0 saturated carbocycles. The molecule has 1 aromatic carbocycles. The van der Waals surface area contributed by atoms with Crippen molar-refractivity contribution in [3.8, 4) is 0 Å². The van der Waals surface area contributed by atoms with E-state index in [-0.39, 0.29) is 24.7 Å². The Hall–Kier alpha value is -2.70. The van der Waals surface area contributed by atoms with Crippen LogP contribution in [0, 0.1) is 0 Å². The van der Waals surface area contributed by atoms with Crippen LogP contribution in [0.15, 0.2) is 24.3 Å². The minimum Gasteiger partial charge on any atom is -0.456 e. The van der Waals surface area contributed by atoms with E-state index in [0.29, 0.717) is 11.3 Å². The average Bonchev–Trinajstić information content (AvgIpc) is 2.45. The molecule has 0 bridgehead atoms. The molecule has 0 radical (unpaired) electrons. The molecular formula is C15H18N2O5. The Labute approximate surface area is 128 Å². The monoisotopic (exact) mass is 306 g/mol. The van der Waals surface area contributed by atoms with E-state index in [4.69, 9.17) is 4.74 Å². The number of rotatable bonds is 7. The lowest BCUT2D eigenvalue weighted by molar-refractivity contribution is -0.147. The Morgan fingerprint density at radius 3 is 2.50 bits per heavy atom. The van der Waals surface area contributed by atoms with Gasteiger partial charge in [0, 0.05) is 24.7 Å².